The Labute approximate surface area is 402 Å². The lowest BCUT2D eigenvalue weighted by Crippen LogP contribution is -2.30. The predicted molar refractivity (Wildman–Crippen MR) is 279 cm³/mol. The normalized spacial score (nSPS) is 12.6. The van der Waals surface area contributed by atoms with E-state index in [4.69, 9.17) is 14.2 Å². The highest BCUT2D eigenvalue weighted by molar-refractivity contribution is 5.71. The number of ether oxygens (including phenoxy) is 3. The van der Waals surface area contributed by atoms with Gasteiger partial charge in [-0.05, 0) is 64.2 Å². The number of rotatable bonds is 49. The van der Waals surface area contributed by atoms with Crippen LogP contribution in [-0.2, 0) is 28.6 Å². The molecule has 0 rings (SSSR count). The van der Waals surface area contributed by atoms with Crippen molar-refractivity contribution in [3.05, 3.63) is 72.9 Å². The van der Waals surface area contributed by atoms with Crippen LogP contribution in [-0.4, -0.2) is 37.2 Å². The summed E-state index contributed by atoms with van der Waals surface area (Å²) in [5, 5.41) is 0. The summed E-state index contributed by atoms with van der Waals surface area (Å²) >= 11 is 0. The molecule has 1 atom stereocenters. The van der Waals surface area contributed by atoms with Crippen molar-refractivity contribution in [3.8, 4) is 0 Å². The average Bonchev–Trinajstić information content (AvgIpc) is 3.30. The molecule has 0 aliphatic carbocycles. The van der Waals surface area contributed by atoms with Crippen LogP contribution in [0.25, 0.3) is 0 Å². The van der Waals surface area contributed by atoms with Crippen LogP contribution in [0.1, 0.15) is 265 Å². The Bertz CT molecular complexity index is 1230. The summed E-state index contributed by atoms with van der Waals surface area (Å²) in [5.74, 6) is -0.924. The third kappa shape index (κ3) is 51.7. The van der Waals surface area contributed by atoms with Crippen LogP contribution in [0.15, 0.2) is 72.9 Å². The Kier molecular flexibility index (Phi) is 50.9. The van der Waals surface area contributed by atoms with Gasteiger partial charge in [0.2, 0.25) is 0 Å². The highest BCUT2D eigenvalue weighted by atomic mass is 16.6. The number of esters is 3. The first-order valence-corrected chi connectivity index (χ1v) is 27.5. The molecule has 6 nitrogen and oxygen atoms in total. The SMILES string of the molecule is CC\C=C/C=C\C=C/C=C\CCCCCC(=O)OCC(COC(=O)CCCCCCCCCCCC/C=C\C=C/CCCCC)OC(=O)CCCCCCCCCCCCCCCCC. The van der Waals surface area contributed by atoms with Gasteiger partial charge in [-0.1, -0.05) is 254 Å². The van der Waals surface area contributed by atoms with Crippen LogP contribution in [0.3, 0.4) is 0 Å². The van der Waals surface area contributed by atoms with Gasteiger partial charge in [-0.2, -0.15) is 0 Å². The number of unbranched alkanes of at least 4 members (excludes halogenated alkanes) is 30. The molecule has 0 radical (unpaired) electrons. The fourth-order valence-corrected chi connectivity index (χ4v) is 7.68. The summed E-state index contributed by atoms with van der Waals surface area (Å²) in [5.41, 5.74) is 0. The fourth-order valence-electron chi connectivity index (χ4n) is 7.68. The molecule has 0 bridgehead atoms. The summed E-state index contributed by atoms with van der Waals surface area (Å²) in [4.78, 5) is 38.1. The lowest BCUT2D eigenvalue weighted by Gasteiger charge is -2.18. The fraction of sp³-hybridized carbons (Fsp3) is 0.746. The third-order valence-electron chi connectivity index (χ3n) is 11.8. The smallest absolute Gasteiger partial charge is 0.306 e. The molecule has 0 amide bonds. The molecule has 1 unspecified atom stereocenters. The Hall–Kier alpha value is -3.15. The first kappa shape index (κ1) is 61.9. The molecule has 6 heteroatoms. The monoisotopic (exact) mass is 907 g/mol. The second-order valence-electron chi connectivity index (χ2n) is 18.2. The van der Waals surface area contributed by atoms with E-state index >= 15 is 0 Å². The molecule has 0 fully saturated rings. The Morgan fingerprint density at radius 1 is 0.323 bits per heavy atom. The minimum Gasteiger partial charge on any atom is -0.462 e. The molecule has 0 saturated heterocycles. The third-order valence-corrected chi connectivity index (χ3v) is 11.8. The van der Waals surface area contributed by atoms with E-state index in [9.17, 15) is 14.4 Å². The summed E-state index contributed by atoms with van der Waals surface area (Å²) in [6.45, 7) is 6.45. The molecule has 0 aliphatic rings. The van der Waals surface area contributed by atoms with Crippen LogP contribution < -0.4 is 0 Å². The van der Waals surface area contributed by atoms with Gasteiger partial charge in [0.15, 0.2) is 6.10 Å². The van der Waals surface area contributed by atoms with E-state index < -0.39 is 6.10 Å². The first-order chi connectivity index (χ1) is 32.0. The molecule has 0 aliphatic heterocycles. The number of hydrogen-bond donors (Lipinski definition) is 0. The molecule has 0 aromatic rings. The summed E-state index contributed by atoms with van der Waals surface area (Å²) < 4.78 is 16.8. The van der Waals surface area contributed by atoms with Gasteiger partial charge >= 0.3 is 17.9 Å². The molecule has 0 saturated carbocycles. The number of allylic oxidation sites excluding steroid dienone is 12. The van der Waals surface area contributed by atoms with Gasteiger partial charge in [0, 0.05) is 19.3 Å². The second-order valence-corrected chi connectivity index (χ2v) is 18.2. The molecular weight excluding hydrogens is 805 g/mol. The molecule has 0 N–H and O–H groups in total. The zero-order valence-corrected chi connectivity index (χ0v) is 42.7. The van der Waals surface area contributed by atoms with Crippen molar-refractivity contribution in [2.45, 2.75) is 271 Å². The van der Waals surface area contributed by atoms with Crippen molar-refractivity contribution in [2.24, 2.45) is 0 Å². The number of hydrogen-bond acceptors (Lipinski definition) is 6. The lowest BCUT2D eigenvalue weighted by atomic mass is 10.0. The van der Waals surface area contributed by atoms with Gasteiger partial charge in [-0.25, -0.2) is 0 Å². The summed E-state index contributed by atoms with van der Waals surface area (Å²) in [6.07, 6.45) is 67.4. The van der Waals surface area contributed by atoms with Crippen molar-refractivity contribution in [1.29, 1.82) is 0 Å². The van der Waals surface area contributed by atoms with Gasteiger partial charge < -0.3 is 14.2 Å². The van der Waals surface area contributed by atoms with Gasteiger partial charge in [0.1, 0.15) is 13.2 Å². The summed E-state index contributed by atoms with van der Waals surface area (Å²) in [6, 6.07) is 0. The van der Waals surface area contributed by atoms with E-state index in [1.54, 1.807) is 0 Å². The van der Waals surface area contributed by atoms with E-state index in [-0.39, 0.29) is 31.1 Å². The molecule has 0 aromatic carbocycles. The van der Waals surface area contributed by atoms with Gasteiger partial charge in [0.05, 0.1) is 0 Å². The highest BCUT2D eigenvalue weighted by Gasteiger charge is 2.19. The van der Waals surface area contributed by atoms with E-state index in [1.807, 2.05) is 30.4 Å². The molecule has 65 heavy (non-hydrogen) atoms. The number of carbonyl (C=O) groups is 3. The van der Waals surface area contributed by atoms with Gasteiger partial charge in [-0.15, -0.1) is 0 Å². The maximum atomic E-state index is 12.8. The predicted octanol–water partition coefficient (Wildman–Crippen LogP) is 18.2. The van der Waals surface area contributed by atoms with Crippen molar-refractivity contribution in [2.75, 3.05) is 13.2 Å². The van der Waals surface area contributed by atoms with Crippen LogP contribution in [0.5, 0.6) is 0 Å². The lowest BCUT2D eigenvalue weighted by molar-refractivity contribution is -0.167. The molecular formula is C59H102O6. The van der Waals surface area contributed by atoms with E-state index in [0.29, 0.717) is 19.3 Å². The quantitative estimate of drug-likeness (QED) is 0.0262. The second kappa shape index (κ2) is 53.5. The Morgan fingerprint density at radius 2 is 0.600 bits per heavy atom. The Morgan fingerprint density at radius 3 is 1.00 bits per heavy atom. The first-order valence-electron chi connectivity index (χ1n) is 27.5. The summed E-state index contributed by atoms with van der Waals surface area (Å²) in [7, 11) is 0. The van der Waals surface area contributed by atoms with Crippen LogP contribution >= 0.6 is 0 Å². The van der Waals surface area contributed by atoms with Crippen molar-refractivity contribution in [1.82, 2.24) is 0 Å². The maximum Gasteiger partial charge on any atom is 0.306 e. The van der Waals surface area contributed by atoms with Gasteiger partial charge in [-0.3, -0.25) is 14.4 Å². The minimum absolute atomic E-state index is 0.0881. The topological polar surface area (TPSA) is 78.9 Å². The van der Waals surface area contributed by atoms with E-state index in [2.05, 4.69) is 63.3 Å². The van der Waals surface area contributed by atoms with Crippen LogP contribution in [0, 0.1) is 0 Å². The van der Waals surface area contributed by atoms with E-state index in [1.165, 1.54) is 154 Å². The largest absolute Gasteiger partial charge is 0.462 e. The number of carbonyl (C=O) groups excluding carboxylic acids is 3. The van der Waals surface area contributed by atoms with Gasteiger partial charge in [0.25, 0.3) is 0 Å². The zero-order chi connectivity index (χ0) is 47.2. The maximum absolute atomic E-state index is 12.8. The standard InChI is InChI=1S/C59H102O6/c1-4-7-10-13-16-19-22-25-27-28-29-30-32-34-37-40-43-46-49-52-58(61)64-55-56(54-63-57(60)51-48-45-42-39-36-33-24-21-18-15-12-9-6-3)65-59(62)53-50-47-44-41-38-35-31-26-23-20-17-14-11-8-5-2/h9,12,15-16,18-19,21-22,24-25,33,36,56H,4-8,10-11,13-14,17,20,23,26-32,34-35,37-55H2,1-3H3/b12-9-,18-15-,19-16-,24-21-,25-22-,36-33-. The van der Waals surface area contributed by atoms with Crippen LogP contribution in [0.2, 0.25) is 0 Å². The zero-order valence-electron chi connectivity index (χ0n) is 42.7. The molecule has 0 spiro atoms. The van der Waals surface area contributed by atoms with Crippen molar-refractivity contribution >= 4 is 17.9 Å². The Balaban J connectivity index is 4.39. The van der Waals surface area contributed by atoms with Crippen LogP contribution in [0.4, 0.5) is 0 Å². The van der Waals surface area contributed by atoms with E-state index in [0.717, 1.165) is 70.6 Å². The molecule has 0 aromatic heterocycles. The van der Waals surface area contributed by atoms with Crippen molar-refractivity contribution < 1.29 is 28.6 Å². The molecule has 374 valence electrons. The highest BCUT2D eigenvalue weighted by Crippen LogP contribution is 2.16. The average molecular weight is 907 g/mol. The molecule has 0 heterocycles. The minimum atomic E-state index is -0.791. The van der Waals surface area contributed by atoms with Crippen molar-refractivity contribution in [3.63, 3.8) is 0 Å².